The van der Waals surface area contributed by atoms with E-state index in [0.717, 1.165) is 25.9 Å². The van der Waals surface area contributed by atoms with Gasteiger partial charge in [-0.25, -0.2) is 5.48 Å². The van der Waals surface area contributed by atoms with Crippen LogP contribution >= 0.6 is 0 Å². The minimum Gasteiger partial charge on any atom is -0.316 e. The van der Waals surface area contributed by atoms with Gasteiger partial charge in [0.2, 0.25) is 5.91 Å². The number of piperidine rings is 1. The molecule has 0 spiro atoms. The number of rotatable bonds is 3. The molecule has 4 nitrogen and oxygen atoms in total. The molecule has 1 atom stereocenters. The quantitative estimate of drug-likeness (QED) is 0.659. The molecule has 14 heavy (non-hydrogen) atoms. The van der Waals surface area contributed by atoms with Gasteiger partial charge in [-0.05, 0) is 31.8 Å². The van der Waals surface area contributed by atoms with Crippen molar-refractivity contribution in [2.24, 2.45) is 11.3 Å². The highest BCUT2D eigenvalue weighted by Gasteiger charge is 2.37. The van der Waals surface area contributed by atoms with Crippen molar-refractivity contribution < 1.29 is 9.63 Å². The summed E-state index contributed by atoms with van der Waals surface area (Å²) in [5.74, 6) is 0.361. The number of hydroxylamine groups is 1. The van der Waals surface area contributed by atoms with Gasteiger partial charge in [0.05, 0.1) is 7.11 Å². The maximum atomic E-state index is 11.7. The van der Waals surface area contributed by atoms with Crippen LogP contribution in [0.5, 0.6) is 0 Å². The van der Waals surface area contributed by atoms with Gasteiger partial charge < -0.3 is 5.32 Å². The average molecular weight is 200 g/mol. The summed E-state index contributed by atoms with van der Waals surface area (Å²) in [7, 11) is 1.47. The van der Waals surface area contributed by atoms with Gasteiger partial charge in [-0.15, -0.1) is 0 Å². The summed E-state index contributed by atoms with van der Waals surface area (Å²) >= 11 is 0. The Bertz CT molecular complexity index is 198. The van der Waals surface area contributed by atoms with E-state index >= 15 is 0 Å². The van der Waals surface area contributed by atoms with E-state index in [4.69, 9.17) is 0 Å². The average Bonchev–Trinajstić information content (AvgIpc) is 2.19. The van der Waals surface area contributed by atoms with Crippen LogP contribution in [0.15, 0.2) is 0 Å². The third-order valence-electron chi connectivity index (χ3n) is 3.10. The Morgan fingerprint density at radius 3 is 2.79 bits per heavy atom. The number of hydrogen-bond donors (Lipinski definition) is 2. The van der Waals surface area contributed by atoms with Crippen molar-refractivity contribution in [3.8, 4) is 0 Å². The monoisotopic (exact) mass is 200 g/mol. The van der Waals surface area contributed by atoms with Gasteiger partial charge in [-0.3, -0.25) is 9.63 Å². The van der Waals surface area contributed by atoms with E-state index in [9.17, 15) is 4.79 Å². The molecule has 2 N–H and O–H groups in total. The first-order valence-electron chi connectivity index (χ1n) is 5.13. The highest BCUT2D eigenvalue weighted by atomic mass is 16.6. The minimum atomic E-state index is -0.358. The summed E-state index contributed by atoms with van der Waals surface area (Å²) in [5.41, 5.74) is 2.06. The molecule has 0 aliphatic carbocycles. The first-order valence-corrected chi connectivity index (χ1v) is 5.13. The molecule has 4 heteroatoms. The molecule has 82 valence electrons. The lowest BCUT2D eigenvalue weighted by Gasteiger charge is -2.35. The van der Waals surface area contributed by atoms with Gasteiger partial charge in [0.1, 0.15) is 0 Å². The summed E-state index contributed by atoms with van der Waals surface area (Å²) < 4.78 is 0. The zero-order chi connectivity index (χ0) is 10.6. The fourth-order valence-corrected chi connectivity index (χ4v) is 1.88. The molecule has 1 saturated heterocycles. The van der Waals surface area contributed by atoms with Crippen LogP contribution in [0, 0.1) is 11.3 Å². The van der Waals surface area contributed by atoms with Crippen molar-refractivity contribution in [1.29, 1.82) is 0 Å². The Hall–Kier alpha value is -0.610. The SMILES string of the molecule is CONC(=O)C(C)(C)C1CCCNC1. The maximum absolute atomic E-state index is 11.7. The lowest BCUT2D eigenvalue weighted by molar-refractivity contribution is -0.143. The molecule has 1 amide bonds. The summed E-state index contributed by atoms with van der Waals surface area (Å²) in [6, 6.07) is 0. The molecule has 0 aromatic carbocycles. The number of amides is 1. The predicted molar refractivity (Wildman–Crippen MR) is 54.5 cm³/mol. The van der Waals surface area contributed by atoms with Crippen LogP contribution < -0.4 is 10.8 Å². The molecule has 0 radical (unpaired) electrons. The number of hydrogen-bond acceptors (Lipinski definition) is 3. The molecule has 1 aliphatic heterocycles. The molecular formula is C10H20N2O2. The first kappa shape index (κ1) is 11.5. The summed E-state index contributed by atoms with van der Waals surface area (Å²) in [5, 5.41) is 3.32. The molecule has 0 aromatic rings. The Kier molecular flexibility index (Phi) is 3.89. The van der Waals surface area contributed by atoms with Gasteiger partial charge in [-0.2, -0.15) is 0 Å². The van der Waals surface area contributed by atoms with Crippen molar-refractivity contribution in [2.45, 2.75) is 26.7 Å². The summed E-state index contributed by atoms with van der Waals surface area (Å²) in [6.45, 7) is 5.93. The zero-order valence-electron chi connectivity index (χ0n) is 9.22. The third kappa shape index (κ3) is 2.45. The van der Waals surface area contributed by atoms with Crippen LogP contribution in [0.1, 0.15) is 26.7 Å². The largest absolute Gasteiger partial charge is 0.316 e. The van der Waals surface area contributed by atoms with Gasteiger partial charge in [-0.1, -0.05) is 13.8 Å². The van der Waals surface area contributed by atoms with Gasteiger partial charge >= 0.3 is 0 Å². The van der Waals surface area contributed by atoms with Crippen LogP contribution in [0.2, 0.25) is 0 Å². The van der Waals surface area contributed by atoms with Gasteiger partial charge in [0, 0.05) is 5.41 Å². The Morgan fingerprint density at radius 1 is 1.57 bits per heavy atom. The molecule has 1 fully saturated rings. The molecule has 0 aromatic heterocycles. The van der Waals surface area contributed by atoms with Crippen molar-refractivity contribution in [2.75, 3.05) is 20.2 Å². The van der Waals surface area contributed by atoms with Gasteiger partial charge in [0.25, 0.3) is 0 Å². The second kappa shape index (κ2) is 4.75. The standard InChI is InChI=1S/C10H20N2O2/c1-10(2,9(13)12-14-3)8-5-4-6-11-7-8/h8,11H,4-7H2,1-3H3,(H,12,13). The Balaban J connectivity index is 2.57. The van der Waals surface area contributed by atoms with Crippen LogP contribution in [-0.2, 0) is 9.63 Å². The van der Waals surface area contributed by atoms with E-state index < -0.39 is 0 Å². The van der Waals surface area contributed by atoms with Crippen molar-refractivity contribution >= 4 is 5.91 Å². The second-order valence-electron chi connectivity index (χ2n) is 4.40. The van der Waals surface area contributed by atoms with Crippen molar-refractivity contribution in [1.82, 2.24) is 10.8 Å². The van der Waals surface area contributed by atoms with Crippen LogP contribution in [0.3, 0.4) is 0 Å². The first-order chi connectivity index (χ1) is 6.59. The van der Waals surface area contributed by atoms with E-state index in [2.05, 4.69) is 15.6 Å². The molecule has 1 aliphatic rings. The molecule has 1 rings (SSSR count). The fourth-order valence-electron chi connectivity index (χ4n) is 1.88. The molecule has 0 bridgehead atoms. The maximum Gasteiger partial charge on any atom is 0.249 e. The highest BCUT2D eigenvalue weighted by molar-refractivity contribution is 5.81. The Labute approximate surface area is 85.3 Å². The lowest BCUT2D eigenvalue weighted by atomic mass is 9.74. The molecule has 1 unspecified atom stereocenters. The van der Waals surface area contributed by atoms with Crippen LogP contribution in [-0.4, -0.2) is 26.1 Å². The smallest absolute Gasteiger partial charge is 0.249 e. The lowest BCUT2D eigenvalue weighted by Crippen LogP contribution is -2.47. The van der Waals surface area contributed by atoms with Crippen LogP contribution in [0.25, 0.3) is 0 Å². The van der Waals surface area contributed by atoms with E-state index in [1.807, 2.05) is 13.8 Å². The number of carbonyl (C=O) groups excluding carboxylic acids is 1. The zero-order valence-corrected chi connectivity index (χ0v) is 9.22. The fraction of sp³-hybridized carbons (Fsp3) is 0.900. The predicted octanol–water partition coefficient (Wildman–Crippen LogP) is 0.690. The Morgan fingerprint density at radius 2 is 2.29 bits per heavy atom. The topological polar surface area (TPSA) is 50.4 Å². The van der Waals surface area contributed by atoms with E-state index in [1.165, 1.54) is 7.11 Å². The third-order valence-corrected chi connectivity index (χ3v) is 3.10. The highest BCUT2D eigenvalue weighted by Crippen LogP contribution is 2.31. The van der Waals surface area contributed by atoms with E-state index in [-0.39, 0.29) is 11.3 Å². The summed E-state index contributed by atoms with van der Waals surface area (Å²) in [4.78, 5) is 16.4. The van der Waals surface area contributed by atoms with Gasteiger partial charge in [0.15, 0.2) is 0 Å². The molecular weight excluding hydrogens is 180 g/mol. The molecule has 1 heterocycles. The van der Waals surface area contributed by atoms with E-state index in [1.54, 1.807) is 0 Å². The minimum absolute atomic E-state index is 0.0336. The second-order valence-corrected chi connectivity index (χ2v) is 4.40. The molecule has 0 saturated carbocycles. The van der Waals surface area contributed by atoms with Crippen molar-refractivity contribution in [3.63, 3.8) is 0 Å². The normalized spacial score (nSPS) is 23.2. The summed E-state index contributed by atoms with van der Waals surface area (Å²) in [6.07, 6.45) is 2.26. The number of nitrogens with one attached hydrogen (secondary N) is 2. The van der Waals surface area contributed by atoms with Crippen LogP contribution in [0.4, 0.5) is 0 Å². The number of carbonyl (C=O) groups is 1. The van der Waals surface area contributed by atoms with E-state index in [0.29, 0.717) is 5.92 Å². The van der Waals surface area contributed by atoms with Crippen molar-refractivity contribution in [3.05, 3.63) is 0 Å².